The van der Waals surface area contributed by atoms with Gasteiger partial charge >= 0.3 is 0 Å². The van der Waals surface area contributed by atoms with Crippen LogP contribution < -0.4 is 4.43 Å². The van der Waals surface area contributed by atoms with Crippen LogP contribution in [0.1, 0.15) is 26.3 Å². The molecule has 0 saturated carbocycles. The predicted molar refractivity (Wildman–Crippen MR) is 97.7 cm³/mol. The van der Waals surface area contributed by atoms with E-state index in [1.165, 1.54) is 0 Å². The van der Waals surface area contributed by atoms with Gasteiger partial charge in [0.15, 0.2) is 0 Å². The van der Waals surface area contributed by atoms with E-state index in [9.17, 15) is 0 Å². The minimum absolute atomic E-state index is 0.189. The van der Waals surface area contributed by atoms with Crippen LogP contribution in [0.15, 0.2) is 30.8 Å². The second-order valence-corrected chi connectivity index (χ2v) is 17.2. The third-order valence-corrected chi connectivity index (χ3v) is 8.98. The average molecular weight is 323 g/mol. The predicted octanol–water partition coefficient (Wildman–Crippen LogP) is 5.89. The zero-order chi connectivity index (χ0) is 16.5. The van der Waals surface area contributed by atoms with E-state index in [-0.39, 0.29) is 5.04 Å². The van der Waals surface area contributed by atoms with Gasteiger partial charge in [0.25, 0.3) is 0 Å². The third kappa shape index (κ3) is 5.36. The fourth-order valence-corrected chi connectivity index (χ4v) is 3.49. The van der Waals surface area contributed by atoms with Crippen LogP contribution in [0.5, 0.6) is 5.75 Å². The first-order chi connectivity index (χ1) is 9.32. The van der Waals surface area contributed by atoms with E-state index >= 15 is 0 Å². The largest absolute Gasteiger partial charge is 0.544 e. The smallest absolute Gasteiger partial charge is 0.250 e. The standard InChI is InChI=1S/C17H30O2Si2/c1-14(18-20(5,6)7)15-11-10-12-16(13-15)19-21(8,9)17(2,3)4/h10-13H,1H2,2-9H3. The molecular formula is C17H30O2Si2. The lowest BCUT2D eigenvalue weighted by Gasteiger charge is -2.36. The Morgan fingerprint density at radius 3 is 2.10 bits per heavy atom. The zero-order valence-corrected chi connectivity index (χ0v) is 16.8. The lowest BCUT2D eigenvalue weighted by atomic mass is 10.2. The Hall–Kier alpha value is -1.01. The summed E-state index contributed by atoms with van der Waals surface area (Å²) in [6.45, 7) is 21.8. The first kappa shape index (κ1) is 18.0. The van der Waals surface area contributed by atoms with Crippen molar-refractivity contribution in [2.45, 2.75) is 58.5 Å². The Morgan fingerprint density at radius 2 is 1.62 bits per heavy atom. The Kier molecular flexibility index (Phi) is 5.16. The molecule has 0 atom stereocenters. The lowest BCUT2D eigenvalue weighted by molar-refractivity contribution is 0.490. The molecule has 118 valence electrons. The zero-order valence-electron chi connectivity index (χ0n) is 14.8. The molecule has 0 aliphatic heterocycles. The first-order valence-corrected chi connectivity index (χ1v) is 13.8. The van der Waals surface area contributed by atoms with Gasteiger partial charge in [-0.15, -0.1) is 0 Å². The van der Waals surface area contributed by atoms with Gasteiger partial charge in [0.05, 0.1) is 0 Å². The van der Waals surface area contributed by atoms with Crippen molar-refractivity contribution in [1.29, 1.82) is 0 Å². The van der Waals surface area contributed by atoms with Crippen molar-refractivity contribution in [3.63, 3.8) is 0 Å². The summed E-state index contributed by atoms with van der Waals surface area (Å²) in [5, 5.41) is 0.189. The van der Waals surface area contributed by atoms with E-state index in [4.69, 9.17) is 8.85 Å². The van der Waals surface area contributed by atoms with Crippen LogP contribution in [0.4, 0.5) is 0 Å². The number of hydrogen-bond acceptors (Lipinski definition) is 2. The van der Waals surface area contributed by atoms with Crippen LogP contribution in [-0.4, -0.2) is 16.6 Å². The van der Waals surface area contributed by atoms with Crippen molar-refractivity contribution in [2.75, 3.05) is 0 Å². The number of hydrogen-bond donors (Lipinski definition) is 0. The van der Waals surface area contributed by atoms with Crippen LogP contribution in [0.2, 0.25) is 37.8 Å². The summed E-state index contributed by atoms with van der Waals surface area (Å²) in [6.07, 6.45) is 0. The lowest BCUT2D eigenvalue weighted by Crippen LogP contribution is -2.43. The van der Waals surface area contributed by atoms with E-state index in [2.05, 4.69) is 60.1 Å². The molecule has 0 N–H and O–H groups in total. The highest BCUT2D eigenvalue weighted by Crippen LogP contribution is 2.37. The van der Waals surface area contributed by atoms with Gasteiger partial charge in [0.2, 0.25) is 16.6 Å². The van der Waals surface area contributed by atoms with Gasteiger partial charge in [-0.1, -0.05) is 39.5 Å². The topological polar surface area (TPSA) is 18.5 Å². The van der Waals surface area contributed by atoms with Crippen molar-refractivity contribution < 1.29 is 8.85 Å². The molecule has 0 amide bonds. The molecule has 0 fully saturated rings. The van der Waals surface area contributed by atoms with Gasteiger partial charge in [-0.05, 0) is 49.9 Å². The van der Waals surface area contributed by atoms with Gasteiger partial charge in [-0.2, -0.15) is 0 Å². The Labute approximate surface area is 132 Å². The molecule has 0 aliphatic carbocycles. The molecule has 0 heterocycles. The fraction of sp³-hybridized carbons (Fsp3) is 0.529. The highest BCUT2D eigenvalue weighted by Gasteiger charge is 2.39. The Bertz CT molecular complexity index is 508. The van der Waals surface area contributed by atoms with Crippen LogP contribution in [-0.2, 0) is 4.43 Å². The maximum Gasteiger partial charge on any atom is 0.250 e. The van der Waals surface area contributed by atoms with Crippen molar-refractivity contribution in [3.05, 3.63) is 36.4 Å². The van der Waals surface area contributed by atoms with Gasteiger partial charge in [0, 0.05) is 5.56 Å². The molecule has 0 aromatic heterocycles. The molecule has 1 rings (SSSR count). The second-order valence-electron chi connectivity index (χ2n) is 8.03. The van der Waals surface area contributed by atoms with E-state index in [1.54, 1.807) is 0 Å². The summed E-state index contributed by atoms with van der Waals surface area (Å²) in [6, 6.07) is 8.10. The van der Waals surface area contributed by atoms with Gasteiger partial charge < -0.3 is 8.85 Å². The SMILES string of the molecule is C=C(O[Si](C)(C)C)c1cccc(O[Si](C)(C)C(C)(C)C)c1. The van der Waals surface area contributed by atoms with Crippen molar-refractivity contribution in [1.82, 2.24) is 0 Å². The number of rotatable bonds is 5. The summed E-state index contributed by atoms with van der Waals surface area (Å²) in [7, 11) is -3.44. The van der Waals surface area contributed by atoms with Crippen LogP contribution in [0.25, 0.3) is 5.76 Å². The van der Waals surface area contributed by atoms with Crippen LogP contribution in [0.3, 0.4) is 0 Å². The summed E-state index contributed by atoms with van der Waals surface area (Å²) in [5.41, 5.74) is 1.01. The first-order valence-electron chi connectivity index (χ1n) is 7.49. The van der Waals surface area contributed by atoms with E-state index < -0.39 is 16.6 Å². The molecule has 0 bridgehead atoms. The van der Waals surface area contributed by atoms with Gasteiger partial charge in [-0.25, -0.2) is 0 Å². The Balaban J connectivity index is 2.94. The highest BCUT2D eigenvalue weighted by atomic mass is 28.4. The third-order valence-electron chi connectivity index (χ3n) is 3.76. The van der Waals surface area contributed by atoms with Crippen LogP contribution in [0, 0.1) is 0 Å². The van der Waals surface area contributed by atoms with Crippen molar-refractivity contribution in [3.8, 4) is 5.75 Å². The molecular weight excluding hydrogens is 292 g/mol. The molecule has 21 heavy (non-hydrogen) atoms. The van der Waals surface area contributed by atoms with Crippen molar-refractivity contribution in [2.24, 2.45) is 0 Å². The molecule has 0 spiro atoms. The summed E-state index contributed by atoms with van der Waals surface area (Å²) in [5.74, 6) is 1.66. The average Bonchev–Trinajstić information content (AvgIpc) is 2.24. The Morgan fingerprint density at radius 1 is 1.05 bits per heavy atom. The van der Waals surface area contributed by atoms with Crippen LogP contribution >= 0.6 is 0 Å². The van der Waals surface area contributed by atoms with E-state index in [0.717, 1.165) is 17.1 Å². The molecule has 2 nitrogen and oxygen atoms in total. The van der Waals surface area contributed by atoms with E-state index in [1.807, 2.05) is 24.3 Å². The number of benzene rings is 1. The minimum atomic E-state index is -1.81. The van der Waals surface area contributed by atoms with E-state index in [0.29, 0.717) is 0 Å². The molecule has 1 aromatic rings. The normalized spacial score (nSPS) is 13.0. The quantitative estimate of drug-likeness (QED) is 0.497. The molecule has 4 heteroatoms. The van der Waals surface area contributed by atoms with Gasteiger partial charge in [-0.3, -0.25) is 0 Å². The maximum absolute atomic E-state index is 6.34. The monoisotopic (exact) mass is 322 g/mol. The molecule has 0 saturated heterocycles. The molecule has 1 aromatic carbocycles. The summed E-state index contributed by atoms with van der Waals surface area (Å²) in [4.78, 5) is 0. The molecule has 0 unspecified atom stereocenters. The van der Waals surface area contributed by atoms with Gasteiger partial charge in [0.1, 0.15) is 11.5 Å². The van der Waals surface area contributed by atoms with Crippen molar-refractivity contribution >= 4 is 22.4 Å². The fourth-order valence-electron chi connectivity index (χ4n) is 1.61. The summed E-state index contributed by atoms with van der Waals surface area (Å²) < 4.78 is 12.3. The second kappa shape index (κ2) is 6.01. The summed E-state index contributed by atoms with van der Waals surface area (Å²) >= 11 is 0. The molecule has 0 aliphatic rings. The minimum Gasteiger partial charge on any atom is -0.544 e. The molecule has 0 radical (unpaired) electrons. The maximum atomic E-state index is 6.34. The highest BCUT2D eigenvalue weighted by molar-refractivity contribution is 6.74.